The Morgan fingerprint density at radius 3 is 2.95 bits per heavy atom. The van der Waals surface area contributed by atoms with Crippen LogP contribution in [0.5, 0.6) is 0 Å². The predicted octanol–water partition coefficient (Wildman–Crippen LogP) is 1.31. The van der Waals surface area contributed by atoms with Crippen molar-refractivity contribution in [2.75, 3.05) is 6.54 Å². The first-order valence-corrected chi connectivity index (χ1v) is 6.22. The summed E-state index contributed by atoms with van der Waals surface area (Å²) in [4.78, 5) is 29.7. The van der Waals surface area contributed by atoms with Crippen molar-refractivity contribution in [1.29, 1.82) is 0 Å². The van der Waals surface area contributed by atoms with E-state index in [0.29, 0.717) is 18.1 Å². The van der Waals surface area contributed by atoms with Crippen LogP contribution in [-0.2, 0) is 6.42 Å². The van der Waals surface area contributed by atoms with Crippen molar-refractivity contribution >= 4 is 23.2 Å². The summed E-state index contributed by atoms with van der Waals surface area (Å²) in [5.74, 6) is 0.241. The molecule has 0 aromatic carbocycles. The fourth-order valence-electron chi connectivity index (χ4n) is 1.57. The number of hydrogen-bond acceptors (Lipinski definition) is 7. The normalized spacial score (nSPS) is 10.4. The lowest BCUT2D eigenvalue weighted by molar-refractivity contribution is -0.385. The van der Waals surface area contributed by atoms with E-state index in [9.17, 15) is 14.9 Å². The summed E-state index contributed by atoms with van der Waals surface area (Å²) in [6.07, 6.45) is 1.26. The van der Waals surface area contributed by atoms with Crippen molar-refractivity contribution in [3.8, 4) is 0 Å². The van der Waals surface area contributed by atoms with Gasteiger partial charge in [-0.3, -0.25) is 14.9 Å². The second kappa shape index (κ2) is 6.27. The Morgan fingerprint density at radius 1 is 1.57 bits per heavy atom. The van der Waals surface area contributed by atoms with Crippen molar-refractivity contribution in [1.82, 2.24) is 20.4 Å². The average molecular weight is 312 g/mol. The van der Waals surface area contributed by atoms with Crippen LogP contribution in [0.4, 0.5) is 5.69 Å². The Hall–Kier alpha value is -2.55. The minimum atomic E-state index is -0.695. The molecule has 0 saturated heterocycles. The van der Waals surface area contributed by atoms with Gasteiger partial charge in [-0.25, -0.2) is 4.98 Å². The van der Waals surface area contributed by atoms with Gasteiger partial charge in [0.05, 0.1) is 4.92 Å². The lowest BCUT2D eigenvalue weighted by Crippen LogP contribution is -2.26. The number of nitrogens with zero attached hydrogens (tertiary/aromatic N) is 4. The van der Waals surface area contributed by atoms with Gasteiger partial charge in [0, 0.05) is 13.0 Å². The average Bonchev–Trinajstić information content (AvgIpc) is 2.84. The van der Waals surface area contributed by atoms with Crippen molar-refractivity contribution < 1.29 is 14.2 Å². The molecule has 0 bridgehead atoms. The van der Waals surface area contributed by atoms with Gasteiger partial charge in [-0.2, -0.15) is 4.98 Å². The van der Waals surface area contributed by atoms with Crippen LogP contribution in [0.3, 0.4) is 0 Å². The van der Waals surface area contributed by atoms with Gasteiger partial charge in [0.2, 0.25) is 5.89 Å². The van der Waals surface area contributed by atoms with Crippen LogP contribution in [0.1, 0.15) is 22.1 Å². The fourth-order valence-corrected chi connectivity index (χ4v) is 1.73. The summed E-state index contributed by atoms with van der Waals surface area (Å²) in [5.41, 5.74) is -0.563. The molecule has 2 heterocycles. The zero-order chi connectivity index (χ0) is 15.4. The van der Waals surface area contributed by atoms with E-state index in [4.69, 9.17) is 16.1 Å². The van der Waals surface area contributed by atoms with Crippen molar-refractivity contribution in [3.63, 3.8) is 0 Å². The highest BCUT2D eigenvalue weighted by Crippen LogP contribution is 2.20. The lowest BCUT2D eigenvalue weighted by Gasteiger charge is -2.04. The van der Waals surface area contributed by atoms with Gasteiger partial charge in [-0.05, 0) is 13.0 Å². The maximum atomic E-state index is 11.9. The van der Waals surface area contributed by atoms with Crippen molar-refractivity contribution in [2.24, 2.45) is 0 Å². The van der Waals surface area contributed by atoms with Crippen LogP contribution >= 0.6 is 11.6 Å². The second-order valence-electron chi connectivity index (χ2n) is 4.02. The summed E-state index contributed by atoms with van der Waals surface area (Å²) >= 11 is 5.65. The number of pyridine rings is 1. The molecule has 2 rings (SSSR count). The summed E-state index contributed by atoms with van der Waals surface area (Å²) in [7, 11) is 0. The minimum absolute atomic E-state index is 0.00160. The number of rotatable bonds is 5. The number of carbonyl (C=O) groups is 1. The van der Waals surface area contributed by atoms with Gasteiger partial charge < -0.3 is 9.84 Å². The molecule has 9 nitrogen and oxygen atoms in total. The molecule has 0 radical (unpaired) electrons. The van der Waals surface area contributed by atoms with Gasteiger partial charge in [0.1, 0.15) is 16.9 Å². The van der Waals surface area contributed by atoms with E-state index in [1.807, 2.05) is 0 Å². The van der Waals surface area contributed by atoms with Gasteiger partial charge >= 0.3 is 0 Å². The SMILES string of the molecule is Cc1noc(CCNC(=O)c2cc(Cl)ncc2[N+](=O)[O-])n1. The van der Waals surface area contributed by atoms with Crippen molar-refractivity contribution in [3.05, 3.63) is 44.8 Å². The molecule has 0 fully saturated rings. The molecule has 0 atom stereocenters. The topological polar surface area (TPSA) is 124 Å². The van der Waals surface area contributed by atoms with Crippen LogP contribution in [-0.4, -0.2) is 32.5 Å². The first kappa shape index (κ1) is 14.9. The molecule has 1 amide bonds. The number of carbonyl (C=O) groups excluding carboxylic acids is 1. The van der Waals surface area contributed by atoms with Gasteiger partial charge in [-0.1, -0.05) is 16.8 Å². The number of nitrogens with one attached hydrogen (secondary N) is 1. The molecule has 10 heteroatoms. The second-order valence-corrected chi connectivity index (χ2v) is 4.41. The van der Waals surface area contributed by atoms with E-state index in [-0.39, 0.29) is 17.3 Å². The Morgan fingerprint density at radius 2 is 2.33 bits per heavy atom. The largest absolute Gasteiger partial charge is 0.351 e. The maximum Gasteiger partial charge on any atom is 0.300 e. The monoisotopic (exact) mass is 311 g/mol. The summed E-state index contributed by atoms with van der Waals surface area (Å²) in [6.45, 7) is 1.87. The first-order valence-electron chi connectivity index (χ1n) is 5.84. The van der Waals surface area contributed by atoms with E-state index in [0.717, 1.165) is 12.3 Å². The minimum Gasteiger partial charge on any atom is -0.351 e. The Labute approximate surface area is 123 Å². The first-order chi connectivity index (χ1) is 9.97. The van der Waals surface area contributed by atoms with Gasteiger partial charge in [0.15, 0.2) is 5.82 Å². The molecular formula is C11H10ClN5O4. The molecule has 0 saturated carbocycles. The third-order valence-electron chi connectivity index (χ3n) is 2.48. The molecule has 0 aliphatic rings. The fraction of sp³-hybridized carbons (Fsp3) is 0.273. The zero-order valence-corrected chi connectivity index (χ0v) is 11.6. The molecule has 0 aliphatic carbocycles. The number of aromatic nitrogens is 3. The quantitative estimate of drug-likeness (QED) is 0.501. The van der Waals surface area contributed by atoms with Crippen LogP contribution in [0, 0.1) is 17.0 Å². The Balaban J connectivity index is 2.03. The lowest BCUT2D eigenvalue weighted by atomic mass is 10.2. The standard InChI is InChI=1S/C11H10ClN5O4/c1-6-15-10(21-16-6)2-3-13-11(18)7-4-9(12)14-5-8(7)17(19)20/h4-5H,2-3H2,1H3,(H,13,18). The smallest absolute Gasteiger partial charge is 0.300 e. The highest BCUT2D eigenvalue weighted by atomic mass is 35.5. The molecule has 2 aromatic heterocycles. The highest BCUT2D eigenvalue weighted by molar-refractivity contribution is 6.29. The number of aryl methyl sites for hydroxylation is 1. The van der Waals surface area contributed by atoms with E-state index in [1.165, 1.54) is 0 Å². The number of nitro groups is 1. The Kier molecular flexibility index (Phi) is 4.43. The summed E-state index contributed by atoms with van der Waals surface area (Å²) < 4.78 is 4.88. The molecule has 0 aliphatic heterocycles. The third kappa shape index (κ3) is 3.72. The molecule has 0 spiro atoms. The van der Waals surface area contributed by atoms with Crippen LogP contribution in [0.15, 0.2) is 16.8 Å². The van der Waals surface area contributed by atoms with E-state index < -0.39 is 16.5 Å². The van der Waals surface area contributed by atoms with Gasteiger partial charge in [0.25, 0.3) is 11.6 Å². The van der Waals surface area contributed by atoms with Gasteiger partial charge in [-0.15, -0.1) is 0 Å². The molecule has 1 N–H and O–H groups in total. The molecular weight excluding hydrogens is 302 g/mol. The van der Waals surface area contributed by atoms with Crippen molar-refractivity contribution in [2.45, 2.75) is 13.3 Å². The number of amides is 1. The van der Waals surface area contributed by atoms with E-state index in [2.05, 4.69) is 20.4 Å². The third-order valence-corrected chi connectivity index (χ3v) is 2.69. The van der Waals surface area contributed by atoms with Crippen LogP contribution < -0.4 is 5.32 Å². The maximum absolute atomic E-state index is 11.9. The van der Waals surface area contributed by atoms with Crippen LogP contribution in [0.2, 0.25) is 5.15 Å². The summed E-state index contributed by atoms with van der Waals surface area (Å²) in [6, 6.07) is 1.14. The number of hydrogen-bond donors (Lipinski definition) is 1. The molecule has 2 aromatic rings. The molecule has 21 heavy (non-hydrogen) atoms. The highest BCUT2D eigenvalue weighted by Gasteiger charge is 2.21. The molecule has 0 unspecified atom stereocenters. The van der Waals surface area contributed by atoms with Crippen LogP contribution in [0.25, 0.3) is 0 Å². The Bertz CT molecular complexity index is 687. The zero-order valence-electron chi connectivity index (χ0n) is 10.9. The number of halogens is 1. The summed E-state index contributed by atoms with van der Waals surface area (Å²) in [5, 5.41) is 17.0. The van der Waals surface area contributed by atoms with E-state index in [1.54, 1.807) is 6.92 Å². The predicted molar refractivity (Wildman–Crippen MR) is 71.0 cm³/mol. The van der Waals surface area contributed by atoms with E-state index >= 15 is 0 Å². The molecule has 110 valence electrons.